The summed E-state index contributed by atoms with van der Waals surface area (Å²) in [7, 11) is 1.37. The Hall–Kier alpha value is -2.62. The van der Waals surface area contributed by atoms with Crippen molar-refractivity contribution in [2.75, 3.05) is 7.11 Å². The van der Waals surface area contributed by atoms with E-state index in [0.29, 0.717) is 11.5 Å². The van der Waals surface area contributed by atoms with E-state index in [9.17, 15) is 4.79 Å². The van der Waals surface area contributed by atoms with Gasteiger partial charge in [0.1, 0.15) is 5.52 Å². The van der Waals surface area contributed by atoms with Crippen LogP contribution in [0.15, 0.2) is 40.8 Å². The average Bonchev–Trinajstić information content (AvgIpc) is 3.02. The molecule has 0 N–H and O–H groups in total. The zero-order valence-electron chi connectivity index (χ0n) is 17.1. The van der Waals surface area contributed by atoms with Crippen LogP contribution in [0.2, 0.25) is 0 Å². The van der Waals surface area contributed by atoms with Crippen molar-refractivity contribution in [1.29, 1.82) is 0 Å². The van der Waals surface area contributed by atoms with Gasteiger partial charge in [-0.25, -0.2) is 9.78 Å². The minimum atomic E-state index is -0.357. The van der Waals surface area contributed by atoms with Crippen molar-refractivity contribution in [3.63, 3.8) is 0 Å². The van der Waals surface area contributed by atoms with Gasteiger partial charge in [0.2, 0.25) is 5.89 Å². The predicted molar refractivity (Wildman–Crippen MR) is 108 cm³/mol. The van der Waals surface area contributed by atoms with Gasteiger partial charge < -0.3 is 9.15 Å². The predicted octanol–water partition coefficient (Wildman–Crippen LogP) is 5.88. The van der Waals surface area contributed by atoms with E-state index < -0.39 is 0 Å². The third-order valence-corrected chi connectivity index (χ3v) is 4.72. The molecule has 142 valence electrons. The number of ether oxygens (including phenoxy) is 1. The third-order valence-electron chi connectivity index (χ3n) is 4.72. The number of benzene rings is 2. The van der Waals surface area contributed by atoms with Crippen molar-refractivity contribution >= 4 is 17.1 Å². The van der Waals surface area contributed by atoms with Crippen LogP contribution < -0.4 is 0 Å². The van der Waals surface area contributed by atoms with Crippen LogP contribution >= 0.6 is 0 Å². The lowest BCUT2D eigenvalue weighted by atomic mass is 9.80. The largest absolute Gasteiger partial charge is 0.465 e. The molecule has 3 rings (SSSR count). The lowest BCUT2D eigenvalue weighted by Crippen LogP contribution is -2.16. The molecule has 0 spiro atoms. The summed E-state index contributed by atoms with van der Waals surface area (Å²) in [5, 5.41) is 0. The Kier molecular flexibility index (Phi) is 4.62. The molecule has 0 saturated carbocycles. The van der Waals surface area contributed by atoms with Gasteiger partial charge in [-0.1, -0.05) is 47.6 Å². The molecular formula is C23H27NO3. The quantitative estimate of drug-likeness (QED) is 0.532. The Morgan fingerprint density at radius 1 is 0.963 bits per heavy atom. The number of fused-ring (bicyclic) bond motifs is 1. The molecule has 3 aromatic rings. The maximum Gasteiger partial charge on any atom is 0.337 e. The number of carbonyl (C=O) groups is 1. The second-order valence-corrected chi connectivity index (χ2v) is 8.96. The maximum atomic E-state index is 11.6. The third kappa shape index (κ3) is 3.75. The maximum absolute atomic E-state index is 11.6. The molecule has 0 radical (unpaired) electrons. The van der Waals surface area contributed by atoms with E-state index in [1.807, 2.05) is 12.1 Å². The molecule has 0 aliphatic carbocycles. The van der Waals surface area contributed by atoms with Crippen LogP contribution in [0.25, 0.3) is 22.6 Å². The highest BCUT2D eigenvalue weighted by atomic mass is 16.5. The van der Waals surface area contributed by atoms with Gasteiger partial charge in [0.15, 0.2) is 5.58 Å². The number of carbonyl (C=O) groups excluding carboxylic acids is 1. The molecule has 4 heteroatoms. The van der Waals surface area contributed by atoms with Crippen LogP contribution in [0.1, 0.15) is 63.0 Å². The Morgan fingerprint density at radius 2 is 1.59 bits per heavy atom. The van der Waals surface area contributed by atoms with Gasteiger partial charge in [0, 0.05) is 11.1 Å². The molecule has 0 aliphatic rings. The zero-order chi connectivity index (χ0) is 20.0. The number of oxazole rings is 1. The molecule has 0 aliphatic heterocycles. The van der Waals surface area contributed by atoms with Crippen molar-refractivity contribution < 1.29 is 13.9 Å². The van der Waals surface area contributed by atoms with Gasteiger partial charge in [-0.3, -0.25) is 0 Å². The van der Waals surface area contributed by atoms with Crippen molar-refractivity contribution in [2.24, 2.45) is 0 Å². The van der Waals surface area contributed by atoms with Crippen molar-refractivity contribution in [2.45, 2.75) is 52.4 Å². The Labute approximate surface area is 160 Å². The van der Waals surface area contributed by atoms with Crippen LogP contribution in [-0.2, 0) is 15.6 Å². The van der Waals surface area contributed by atoms with Crippen LogP contribution in [0.4, 0.5) is 0 Å². The molecule has 0 fully saturated rings. The molecule has 4 nitrogen and oxygen atoms in total. The molecule has 1 aromatic heterocycles. The minimum absolute atomic E-state index is 0.0233. The number of hydrogen-bond donors (Lipinski definition) is 0. The molecule has 0 unspecified atom stereocenters. The van der Waals surface area contributed by atoms with Gasteiger partial charge in [-0.2, -0.15) is 0 Å². The second-order valence-electron chi connectivity index (χ2n) is 8.96. The molecule has 0 bridgehead atoms. The van der Waals surface area contributed by atoms with Gasteiger partial charge >= 0.3 is 5.97 Å². The zero-order valence-corrected chi connectivity index (χ0v) is 17.1. The Bertz CT molecular complexity index is 983. The van der Waals surface area contributed by atoms with Gasteiger partial charge in [0.05, 0.1) is 12.7 Å². The minimum Gasteiger partial charge on any atom is -0.465 e. The van der Waals surface area contributed by atoms with E-state index in [1.165, 1.54) is 12.7 Å². The van der Waals surface area contributed by atoms with Crippen molar-refractivity contribution in [3.8, 4) is 11.5 Å². The van der Waals surface area contributed by atoms with Crippen LogP contribution in [0.5, 0.6) is 0 Å². The first-order valence-corrected chi connectivity index (χ1v) is 9.15. The monoisotopic (exact) mass is 365 g/mol. The van der Waals surface area contributed by atoms with Crippen LogP contribution in [-0.4, -0.2) is 18.1 Å². The van der Waals surface area contributed by atoms with E-state index in [2.05, 4.69) is 53.7 Å². The smallest absolute Gasteiger partial charge is 0.337 e. The lowest BCUT2D eigenvalue weighted by Gasteiger charge is -2.24. The summed E-state index contributed by atoms with van der Waals surface area (Å²) in [6.07, 6.45) is 0. The van der Waals surface area contributed by atoms with Crippen molar-refractivity contribution in [1.82, 2.24) is 4.98 Å². The first-order chi connectivity index (χ1) is 12.5. The van der Waals surface area contributed by atoms with E-state index in [1.54, 1.807) is 12.1 Å². The molecule has 2 aromatic carbocycles. The average molecular weight is 365 g/mol. The number of hydrogen-bond acceptors (Lipinski definition) is 4. The fourth-order valence-corrected chi connectivity index (χ4v) is 3.01. The van der Waals surface area contributed by atoms with Gasteiger partial charge in [-0.15, -0.1) is 0 Å². The molecule has 0 amide bonds. The van der Waals surface area contributed by atoms with Gasteiger partial charge in [0.25, 0.3) is 0 Å². The molecule has 0 saturated heterocycles. The Morgan fingerprint density at radius 3 is 2.11 bits per heavy atom. The SMILES string of the molecule is COC(=O)c1ccc(-c2nc3cc(C(C)(C)C)cc(C(C)(C)C)c3o2)cc1. The highest BCUT2D eigenvalue weighted by Gasteiger charge is 2.25. The van der Waals surface area contributed by atoms with Crippen LogP contribution in [0.3, 0.4) is 0 Å². The van der Waals surface area contributed by atoms with E-state index in [4.69, 9.17) is 14.1 Å². The van der Waals surface area contributed by atoms with Crippen molar-refractivity contribution in [3.05, 3.63) is 53.1 Å². The number of aromatic nitrogens is 1. The Balaban J connectivity index is 2.15. The summed E-state index contributed by atoms with van der Waals surface area (Å²) in [6.45, 7) is 13.2. The fraction of sp³-hybridized carbons (Fsp3) is 0.391. The summed E-state index contributed by atoms with van der Waals surface area (Å²) in [4.78, 5) is 16.4. The highest BCUT2D eigenvalue weighted by Crippen LogP contribution is 2.37. The number of esters is 1. The first-order valence-electron chi connectivity index (χ1n) is 9.15. The molecule has 1 heterocycles. The van der Waals surface area contributed by atoms with E-state index >= 15 is 0 Å². The molecule has 0 atom stereocenters. The normalized spacial score (nSPS) is 12.4. The van der Waals surface area contributed by atoms with Gasteiger partial charge in [-0.05, 0) is 46.7 Å². The number of nitrogens with zero attached hydrogens (tertiary/aromatic N) is 1. The summed E-state index contributed by atoms with van der Waals surface area (Å²) in [5.74, 6) is 0.196. The standard InChI is InChI=1S/C23H27NO3/c1-22(2,3)16-12-17(23(4,5)6)19-18(13-16)24-20(27-19)14-8-10-15(11-9-14)21(25)26-7/h8-13H,1-7H3. The molecular weight excluding hydrogens is 338 g/mol. The van der Waals surface area contributed by atoms with E-state index in [-0.39, 0.29) is 16.8 Å². The second kappa shape index (κ2) is 6.52. The highest BCUT2D eigenvalue weighted by molar-refractivity contribution is 5.90. The first kappa shape index (κ1) is 19.2. The van der Waals surface area contributed by atoms with Crippen LogP contribution in [0, 0.1) is 0 Å². The lowest BCUT2D eigenvalue weighted by molar-refractivity contribution is 0.0600. The molecule has 27 heavy (non-hydrogen) atoms. The summed E-state index contributed by atoms with van der Waals surface area (Å²) >= 11 is 0. The summed E-state index contributed by atoms with van der Waals surface area (Å²) in [6, 6.07) is 11.5. The van der Waals surface area contributed by atoms with E-state index in [0.717, 1.165) is 22.2 Å². The topological polar surface area (TPSA) is 52.3 Å². The number of rotatable bonds is 2. The summed E-state index contributed by atoms with van der Waals surface area (Å²) < 4.78 is 10.9. The fourth-order valence-electron chi connectivity index (χ4n) is 3.01. The number of methoxy groups -OCH3 is 1. The summed E-state index contributed by atoms with van der Waals surface area (Å²) in [5.41, 5.74) is 5.36.